The molecule has 0 saturated carbocycles. The summed E-state index contributed by atoms with van der Waals surface area (Å²) in [4.78, 5) is 24.4. The number of aliphatic hydroxyl groups excluding tert-OH is 1. The highest BCUT2D eigenvalue weighted by Gasteiger charge is 2.24. The standard InChI is InChI=1S/C13H15NO5/c15-6-1-5-14-10-8-9(13(17)18)2-3-11(10)19-7-4-12(14)16/h2-3,8,15H,1,4-7H2,(H,17,18). The average molecular weight is 265 g/mol. The van der Waals surface area contributed by atoms with Crippen molar-refractivity contribution in [2.24, 2.45) is 0 Å². The van der Waals surface area contributed by atoms with Crippen molar-refractivity contribution in [3.05, 3.63) is 23.8 Å². The topological polar surface area (TPSA) is 87.1 Å². The first-order valence-electron chi connectivity index (χ1n) is 6.05. The summed E-state index contributed by atoms with van der Waals surface area (Å²) in [7, 11) is 0. The molecule has 1 aromatic carbocycles. The Morgan fingerprint density at radius 1 is 1.42 bits per heavy atom. The Morgan fingerprint density at radius 2 is 2.21 bits per heavy atom. The van der Waals surface area contributed by atoms with Gasteiger partial charge < -0.3 is 19.8 Å². The van der Waals surface area contributed by atoms with Gasteiger partial charge in [-0.1, -0.05) is 0 Å². The van der Waals surface area contributed by atoms with Crippen LogP contribution in [0.25, 0.3) is 0 Å². The van der Waals surface area contributed by atoms with Crippen molar-refractivity contribution in [3.8, 4) is 5.75 Å². The number of fused-ring (bicyclic) bond motifs is 1. The molecule has 102 valence electrons. The monoisotopic (exact) mass is 265 g/mol. The molecular formula is C13H15NO5. The number of carbonyl (C=O) groups is 2. The molecule has 1 aromatic rings. The SMILES string of the molecule is O=C(O)c1ccc2c(c1)N(CCCO)C(=O)CCO2. The Balaban J connectivity index is 2.40. The van der Waals surface area contributed by atoms with E-state index in [4.69, 9.17) is 14.9 Å². The van der Waals surface area contributed by atoms with E-state index in [1.54, 1.807) is 6.07 Å². The van der Waals surface area contributed by atoms with Crippen molar-refractivity contribution >= 4 is 17.6 Å². The molecule has 1 heterocycles. The molecule has 0 unspecified atom stereocenters. The van der Waals surface area contributed by atoms with E-state index in [1.165, 1.54) is 17.0 Å². The van der Waals surface area contributed by atoms with Crippen LogP contribution in [-0.4, -0.2) is 41.8 Å². The number of aromatic carboxylic acids is 1. The number of amides is 1. The largest absolute Gasteiger partial charge is 0.491 e. The van der Waals surface area contributed by atoms with Gasteiger partial charge in [0, 0.05) is 13.2 Å². The molecule has 19 heavy (non-hydrogen) atoms. The van der Waals surface area contributed by atoms with Gasteiger partial charge in [0.2, 0.25) is 5.91 Å². The smallest absolute Gasteiger partial charge is 0.335 e. The predicted molar refractivity (Wildman–Crippen MR) is 67.6 cm³/mol. The third-order valence-electron chi connectivity index (χ3n) is 2.91. The van der Waals surface area contributed by atoms with Gasteiger partial charge in [-0.05, 0) is 24.6 Å². The van der Waals surface area contributed by atoms with Crippen LogP contribution in [0.2, 0.25) is 0 Å². The molecule has 0 aliphatic carbocycles. The van der Waals surface area contributed by atoms with Crippen LogP contribution in [0, 0.1) is 0 Å². The number of carboxylic acid groups (broad SMARTS) is 1. The second kappa shape index (κ2) is 5.71. The van der Waals surface area contributed by atoms with Crippen LogP contribution in [-0.2, 0) is 4.79 Å². The Morgan fingerprint density at radius 3 is 2.89 bits per heavy atom. The molecule has 0 saturated heterocycles. The van der Waals surface area contributed by atoms with E-state index in [0.29, 0.717) is 24.4 Å². The average Bonchev–Trinajstić information content (AvgIpc) is 2.54. The number of carbonyl (C=O) groups excluding carboxylic acids is 1. The molecule has 2 rings (SSSR count). The van der Waals surface area contributed by atoms with Gasteiger partial charge in [0.25, 0.3) is 0 Å². The van der Waals surface area contributed by atoms with Gasteiger partial charge in [0.15, 0.2) is 0 Å². The Kier molecular flexibility index (Phi) is 4.01. The summed E-state index contributed by atoms with van der Waals surface area (Å²) < 4.78 is 5.45. The summed E-state index contributed by atoms with van der Waals surface area (Å²) >= 11 is 0. The maximum Gasteiger partial charge on any atom is 0.335 e. The van der Waals surface area contributed by atoms with Gasteiger partial charge in [-0.25, -0.2) is 4.79 Å². The lowest BCUT2D eigenvalue weighted by molar-refractivity contribution is -0.118. The minimum atomic E-state index is -1.05. The minimum Gasteiger partial charge on any atom is -0.491 e. The van der Waals surface area contributed by atoms with Crippen LogP contribution in [0.1, 0.15) is 23.2 Å². The van der Waals surface area contributed by atoms with Crippen LogP contribution >= 0.6 is 0 Å². The molecule has 6 heteroatoms. The minimum absolute atomic E-state index is 0.0292. The molecule has 1 aliphatic heterocycles. The van der Waals surface area contributed by atoms with Crippen molar-refractivity contribution in [1.29, 1.82) is 0 Å². The van der Waals surface area contributed by atoms with Gasteiger partial charge in [-0.3, -0.25) is 4.79 Å². The summed E-state index contributed by atoms with van der Waals surface area (Å²) in [5.41, 5.74) is 0.557. The van der Waals surface area contributed by atoms with Gasteiger partial charge in [0.05, 0.1) is 24.3 Å². The fraction of sp³-hybridized carbons (Fsp3) is 0.385. The lowest BCUT2D eigenvalue weighted by Crippen LogP contribution is -2.31. The van der Waals surface area contributed by atoms with Crippen LogP contribution in [0.3, 0.4) is 0 Å². The lowest BCUT2D eigenvalue weighted by Gasteiger charge is -2.21. The number of rotatable bonds is 4. The highest BCUT2D eigenvalue weighted by Crippen LogP contribution is 2.32. The second-order valence-electron chi connectivity index (χ2n) is 4.21. The van der Waals surface area contributed by atoms with E-state index < -0.39 is 5.97 Å². The normalized spacial score (nSPS) is 14.6. The van der Waals surface area contributed by atoms with Crippen molar-refractivity contribution in [3.63, 3.8) is 0 Å². The number of ether oxygens (including phenoxy) is 1. The fourth-order valence-electron chi connectivity index (χ4n) is 1.97. The zero-order valence-electron chi connectivity index (χ0n) is 10.3. The molecule has 6 nitrogen and oxygen atoms in total. The molecule has 0 bridgehead atoms. The lowest BCUT2D eigenvalue weighted by atomic mass is 10.1. The van der Waals surface area contributed by atoms with Gasteiger partial charge >= 0.3 is 5.97 Å². The summed E-state index contributed by atoms with van der Waals surface area (Å²) in [5, 5.41) is 17.9. The summed E-state index contributed by atoms with van der Waals surface area (Å²) in [6.45, 7) is 0.585. The van der Waals surface area contributed by atoms with Gasteiger partial charge in [-0.2, -0.15) is 0 Å². The zero-order chi connectivity index (χ0) is 13.8. The molecule has 2 N–H and O–H groups in total. The number of nitrogens with zero attached hydrogens (tertiary/aromatic N) is 1. The van der Waals surface area contributed by atoms with Crippen LogP contribution in [0.5, 0.6) is 5.75 Å². The highest BCUT2D eigenvalue weighted by molar-refractivity contribution is 5.98. The number of anilines is 1. The first-order chi connectivity index (χ1) is 9.13. The van der Waals surface area contributed by atoms with E-state index in [9.17, 15) is 9.59 Å². The van der Waals surface area contributed by atoms with E-state index in [-0.39, 0.29) is 31.1 Å². The zero-order valence-corrected chi connectivity index (χ0v) is 10.3. The van der Waals surface area contributed by atoms with Crippen molar-refractivity contribution < 1.29 is 24.5 Å². The van der Waals surface area contributed by atoms with Crippen molar-refractivity contribution in [2.45, 2.75) is 12.8 Å². The number of hydrogen-bond donors (Lipinski definition) is 2. The molecule has 0 spiro atoms. The van der Waals surface area contributed by atoms with Gasteiger partial charge in [0.1, 0.15) is 5.75 Å². The second-order valence-corrected chi connectivity index (χ2v) is 4.21. The van der Waals surface area contributed by atoms with Crippen LogP contribution < -0.4 is 9.64 Å². The Hall–Kier alpha value is -2.08. The summed E-state index contributed by atoms with van der Waals surface area (Å²) in [6, 6.07) is 4.43. The molecule has 1 aliphatic rings. The number of benzene rings is 1. The maximum atomic E-state index is 12.0. The van der Waals surface area contributed by atoms with E-state index in [2.05, 4.69) is 0 Å². The first-order valence-corrected chi connectivity index (χ1v) is 6.05. The maximum absolute atomic E-state index is 12.0. The van der Waals surface area contributed by atoms with E-state index >= 15 is 0 Å². The van der Waals surface area contributed by atoms with Crippen LogP contribution in [0.4, 0.5) is 5.69 Å². The predicted octanol–water partition coefficient (Wildman–Crippen LogP) is 0.883. The van der Waals surface area contributed by atoms with E-state index in [1.807, 2.05) is 0 Å². The number of hydrogen-bond acceptors (Lipinski definition) is 4. The Bertz CT molecular complexity index is 500. The quantitative estimate of drug-likeness (QED) is 0.844. The van der Waals surface area contributed by atoms with Crippen molar-refractivity contribution in [1.82, 2.24) is 0 Å². The number of aliphatic hydroxyl groups is 1. The molecule has 0 atom stereocenters. The number of carboxylic acids is 1. The molecule has 1 amide bonds. The first kappa shape index (κ1) is 13.4. The third kappa shape index (κ3) is 2.85. The molecule has 0 radical (unpaired) electrons. The van der Waals surface area contributed by atoms with E-state index in [0.717, 1.165) is 0 Å². The fourth-order valence-corrected chi connectivity index (χ4v) is 1.97. The molecule has 0 fully saturated rings. The molecular weight excluding hydrogens is 250 g/mol. The summed E-state index contributed by atoms with van der Waals surface area (Å²) in [5.74, 6) is -0.690. The third-order valence-corrected chi connectivity index (χ3v) is 2.91. The Labute approximate surface area is 110 Å². The van der Waals surface area contributed by atoms with Crippen molar-refractivity contribution in [2.75, 3.05) is 24.7 Å². The molecule has 0 aromatic heterocycles. The summed E-state index contributed by atoms with van der Waals surface area (Å²) in [6.07, 6.45) is 0.672. The highest BCUT2D eigenvalue weighted by atomic mass is 16.5. The van der Waals surface area contributed by atoms with Crippen LogP contribution in [0.15, 0.2) is 18.2 Å². The van der Waals surface area contributed by atoms with Gasteiger partial charge in [-0.15, -0.1) is 0 Å².